The molecule has 1 aromatic carbocycles. The van der Waals surface area contributed by atoms with Crippen molar-refractivity contribution in [3.63, 3.8) is 0 Å². The third-order valence-corrected chi connectivity index (χ3v) is 18.6. The quantitative estimate of drug-likeness (QED) is 0.200. The number of likely N-dealkylation sites (N-methyl/N-ethyl adjacent to an activating group) is 2. The first-order valence-corrected chi connectivity index (χ1v) is 24.2. The van der Waals surface area contributed by atoms with Crippen LogP contribution in [-0.4, -0.2) is 98.2 Å². The van der Waals surface area contributed by atoms with E-state index in [2.05, 4.69) is 36.4 Å². The van der Waals surface area contributed by atoms with Crippen LogP contribution in [0.1, 0.15) is 138 Å². The van der Waals surface area contributed by atoms with Crippen LogP contribution in [-0.2, 0) is 33.0 Å². The molecule has 0 saturated heterocycles. The van der Waals surface area contributed by atoms with Crippen LogP contribution in [0.4, 0.5) is 4.39 Å². The molecule has 9 rings (SSSR count). The number of fused-ring (bicyclic) bond motifs is 7. The average molecular weight is 903 g/mol. The number of aliphatic hydroxyl groups excluding tert-OH is 2. The molecule has 10 atom stereocenters. The first kappa shape index (κ1) is 47.1. The van der Waals surface area contributed by atoms with Gasteiger partial charge in [0.1, 0.15) is 17.2 Å². The fourth-order valence-electron chi connectivity index (χ4n) is 14.6. The fraction of sp³-hybridized carbons (Fsp3) is 0.720. The maximum absolute atomic E-state index is 14.2. The van der Waals surface area contributed by atoms with Gasteiger partial charge in [0.25, 0.3) is 11.5 Å². The molecule has 356 valence electrons. The largest absolute Gasteiger partial charge is 0.501 e. The second-order valence-electron chi connectivity index (χ2n) is 22.0. The molecule has 3 heterocycles. The summed E-state index contributed by atoms with van der Waals surface area (Å²) < 4.78 is 15.2. The topological polar surface area (TPSA) is 194 Å². The van der Waals surface area contributed by atoms with Crippen LogP contribution in [0.15, 0.2) is 23.0 Å². The van der Waals surface area contributed by atoms with Gasteiger partial charge in [-0.15, -0.1) is 0 Å². The van der Waals surface area contributed by atoms with E-state index in [9.17, 15) is 43.7 Å². The normalized spacial score (nSPS) is 35.1. The monoisotopic (exact) mass is 903 g/mol. The molecule has 4 amide bonds. The van der Waals surface area contributed by atoms with E-state index in [4.69, 9.17) is 0 Å². The third-order valence-electron chi connectivity index (χ3n) is 18.6. The minimum Gasteiger partial charge on any atom is -0.501 e. The Bertz CT molecular complexity index is 2270. The number of carbonyl (C=O) groups excluding carboxylic acids is 4. The SMILES string of the molecule is Cc1cc(CNC(=O)c2nc3n(c(=O)c2O)CC2(CNC(=O)CCC(C)C4CCC5[C@H]6C(C[C@H](O)[C@]45C)[C@@]4(C)CCCC[C@H]4C[C@H]6O)CCC3(N(C)C(=O)C(=O)N(C)C)CC2)ccc1F. The van der Waals surface area contributed by atoms with E-state index in [-0.39, 0.29) is 91.2 Å². The van der Waals surface area contributed by atoms with Crippen molar-refractivity contribution in [1.82, 2.24) is 30.0 Å². The van der Waals surface area contributed by atoms with Crippen molar-refractivity contribution >= 4 is 23.6 Å². The van der Waals surface area contributed by atoms with Crippen molar-refractivity contribution < 1.29 is 38.9 Å². The van der Waals surface area contributed by atoms with Crippen molar-refractivity contribution in [3.8, 4) is 5.75 Å². The lowest BCUT2D eigenvalue weighted by Gasteiger charge is -2.63. The van der Waals surface area contributed by atoms with Gasteiger partial charge in [-0.3, -0.25) is 28.5 Å². The van der Waals surface area contributed by atoms with Crippen molar-refractivity contribution in [2.45, 2.75) is 148 Å². The van der Waals surface area contributed by atoms with E-state index in [0.717, 1.165) is 25.7 Å². The second kappa shape index (κ2) is 17.4. The number of aromatic nitrogens is 2. The lowest BCUT2D eigenvalue weighted by Crippen LogP contribution is -2.61. The summed E-state index contributed by atoms with van der Waals surface area (Å²) >= 11 is 0. The Morgan fingerprint density at radius 3 is 2.37 bits per heavy atom. The summed E-state index contributed by atoms with van der Waals surface area (Å²) in [4.78, 5) is 75.5. The minimum absolute atomic E-state index is 0.0325. The number of aromatic hydroxyl groups is 1. The van der Waals surface area contributed by atoms with Crippen LogP contribution in [0.25, 0.3) is 0 Å². The molecular weight excluding hydrogens is 832 g/mol. The molecule has 4 unspecified atom stereocenters. The Kier molecular flexibility index (Phi) is 12.6. The number of benzene rings is 1. The molecule has 5 N–H and O–H groups in total. The standard InChI is InChI=1S/C50H71FN6O8/c1-28(32-13-14-33-39-34(24-37(59)48(32,33)4)47(3)17-9-8-10-31(47)23-36(39)58)11-16-38(60)53-26-49-18-20-50(21-19-49,56(7)45(65)44(64)55(5)6)46-54-40(41(61)43(63)57(46)27-49)42(62)52-25-30-12-15-35(51)29(2)22-30/h12,15,22,28,31-34,36-37,39,58-59,61H,8-11,13-14,16-21,23-27H2,1-7H3,(H,52,62)(H,53,60)/t28?,31-,32?,33?,34?,36+,37-,39-,47-,48+,49?,50?/m0/s1. The van der Waals surface area contributed by atoms with Crippen LogP contribution < -0.4 is 16.2 Å². The van der Waals surface area contributed by atoms with Crippen LogP contribution in [0.2, 0.25) is 0 Å². The number of nitrogens with zero attached hydrogens (tertiary/aromatic N) is 4. The Morgan fingerprint density at radius 1 is 0.954 bits per heavy atom. The van der Waals surface area contributed by atoms with Crippen molar-refractivity contribution in [2.24, 2.45) is 51.8 Å². The van der Waals surface area contributed by atoms with E-state index < -0.39 is 57.6 Å². The van der Waals surface area contributed by atoms with Gasteiger partial charge in [-0.2, -0.15) is 0 Å². The van der Waals surface area contributed by atoms with Crippen molar-refractivity contribution in [1.29, 1.82) is 0 Å². The van der Waals surface area contributed by atoms with E-state index in [1.807, 2.05) is 0 Å². The summed E-state index contributed by atoms with van der Waals surface area (Å²) in [7, 11) is 4.44. The van der Waals surface area contributed by atoms with E-state index in [1.54, 1.807) is 13.0 Å². The second-order valence-corrected chi connectivity index (χ2v) is 22.0. The number of aliphatic hydroxyl groups is 2. The van der Waals surface area contributed by atoms with Gasteiger partial charge in [0.2, 0.25) is 11.7 Å². The van der Waals surface area contributed by atoms with E-state index >= 15 is 0 Å². The first-order chi connectivity index (χ1) is 30.7. The average Bonchev–Trinajstić information content (AvgIpc) is 3.50. The maximum atomic E-state index is 14.2. The summed E-state index contributed by atoms with van der Waals surface area (Å²) in [5, 5.41) is 40.9. The number of aryl methyl sites for hydroxylation is 1. The molecule has 5 fully saturated rings. The van der Waals surface area contributed by atoms with Gasteiger partial charge in [-0.1, -0.05) is 45.7 Å². The van der Waals surface area contributed by atoms with Gasteiger partial charge < -0.3 is 35.8 Å². The molecule has 2 bridgehead atoms. The van der Waals surface area contributed by atoms with Crippen LogP contribution in [0.5, 0.6) is 5.75 Å². The molecule has 0 spiro atoms. The smallest absolute Gasteiger partial charge is 0.312 e. The Balaban J connectivity index is 0.975. The number of nitrogens with one attached hydrogen (secondary N) is 2. The zero-order valence-electron chi connectivity index (χ0n) is 39.4. The lowest BCUT2D eigenvalue weighted by atomic mass is 9.43. The number of carbonyl (C=O) groups is 4. The van der Waals surface area contributed by atoms with Gasteiger partial charge in [-0.25, -0.2) is 9.37 Å². The number of hydrogen-bond acceptors (Lipinski definition) is 9. The van der Waals surface area contributed by atoms with Crippen LogP contribution >= 0.6 is 0 Å². The minimum atomic E-state index is -1.29. The highest BCUT2D eigenvalue weighted by Gasteiger charge is 2.65. The highest BCUT2D eigenvalue weighted by molar-refractivity contribution is 6.34. The number of halogens is 1. The summed E-state index contributed by atoms with van der Waals surface area (Å²) in [5.74, 6) is -2.07. The predicted molar refractivity (Wildman–Crippen MR) is 241 cm³/mol. The molecule has 5 saturated carbocycles. The maximum Gasteiger partial charge on any atom is 0.312 e. The summed E-state index contributed by atoms with van der Waals surface area (Å²) in [6.07, 6.45) is 9.90. The molecular formula is C50H71FN6O8. The van der Waals surface area contributed by atoms with Gasteiger partial charge in [0.15, 0.2) is 5.69 Å². The van der Waals surface area contributed by atoms with Gasteiger partial charge in [0.05, 0.1) is 12.2 Å². The lowest BCUT2D eigenvalue weighted by molar-refractivity contribution is -0.201. The molecule has 2 aromatic rings. The fourth-order valence-corrected chi connectivity index (χ4v) is 14.6. The van der Waals surface area contributed by atoms with Gasteiger partial charge in [0, 0.05) is 52.6 Å². The molecule has 14 nitrogen and oxygen atoms in total. The molecule has 5 aliphatic carbocycles. The summed E-state index contributed by atoms with van der Waals surface area (Å²) in [6.45, 7) is 8.72. The highest BCUT2D eigenvalue weighted by Crippen LogP contribution is 2.68. The Labute approximate surface area is 382 Å². The van der Waals surface area contributed by atoms with Crippen molar-refractivity contribution in [3.05, 3.63) is 57.0 Å². The Morgan fingerprint density at radius 2 is 1.68 bits per heavy atom. The van der Waals surface area contributed by atoms with Crippen LogP contribution in [0, 0.1) is 64.5 Å². The number of amides is 4. The predicted octanol–water partition coefficient (Wildman–Crippen LogP) is 5.17. The molecule has 15 heteroatoms. The summed E-state index contributed by atoms with van der Waals surface area (Å²) in [6, 6.07) is 4.39. The molecule has 65 heavy (non-hydrogen) atoms. The molecule has 7 aliphatic rings. The van der Waals surface area contributed by atoms with Gasteiger partial charge >= 0.3 is 11.8 Å². The molecule has 2 aliphatic heterocycles. The third kappa shape index (κ3) is 7.87. The summed E-state index contributed by atoms with van der Waals surface area (Å²) in [5.41, 5.74) is -2.54. The Hall–Kier alpha value is -4.37. The number of rotatable bonds is 10. The van der Waals surface area contributed by atoms with Crippen molar-refractivity contribution in [2.75, 3.05) is 27.7 Å². The van der Waals surface area contributed by atoms with E-state index in [1.165, 1.54) is 73.3 Å². The molecule has 0 radical (unpaired) electrons. The highest BCUT2D eigenvalue weighted by atomic mass is 19.1. The van der Waals surface area contributed by atoms with Gasteiger partial charge in [-0.05, 0) is 141 Å². The van der Waals surface area contributed by atoms with Crippen LogP contribution in [0.3, 0.4) is 0 Å². The first-order valence-electron chi connectivity index (χ1n) is 24.2. The zero-order valence-corrected chi connectivity index (χ0v) is 39.4. The number of hydrogen-bond donors (Lipinski definition) is 5. The molecule has 1 aromatic heterocycles. The van der Waals surface area contributed by atoms with E-state index in [0.29, 0.717) is 42.2 Å². The zero-order chi connectivity index (χ0) is 47.0.